The second kappa shape index (κ2) is 4.29. The predicted molar refractivity (Wildman–Crippen MR) is 72.7 cm³/mol. The summed E-state index contributed by atoms with van der Waals surface area (Å²) in [4.78, 5) is 0. The molecule has 0 N–H and O–H groups in total. The minimum Gasteiger partial charge on any atom is -0.0870 e. The minimum absolute atomic E-state index is 1.19. The van der Waals surface area contributed by atoms with E-state index in [1.54, 1.807) is 5.56 Å². The molecule has 1 aliphatic rings. The smallest absolute Gasteiger partial charge is 0.0193 e. The van der Waals surface area contributed by atoms with Gasteiger partial charge in [0.2, 0.25) is 0 Å². The molecule has 2 rings (SSSR count). The predicted octanol–water partition coefficient (Wildman–Crippen LogP) is 4.60. The van der Waals surface area contributed by atoms with Gasteiger partial charge in [-0.25, -0.2) is 0 Å². The van der Waals surface area contributed by atoms with Crippen LogP contribution in [0.3, 0.4) is 0 Å². The molecular weight excluding hydrogens is 192 g/mol. The molecule has 0 unspecified atom stereocenters. The van der Waals surface area contributed by atoms with Gasteiger partial charge in [0.05, 0.1) is 0 Å². The summed E-state index contributed by atoms with van der Waals surface area (Å²) in [6.45, 7) is 8.84. The number of allylic oxidation sites excluding steroid dienone is 2. The van der Waals surface area contributed by atoms with Gasteiger partial charge in [-0.1, -0.05) is 24.3 Å². The summed E-state index contributed by atoms with van der Waals surface area (Å²) in [6, 6.07) is 0. The molecule has 0 atom stereocenters. The number of benzene rings is 1. The Balaban J connectivity index is 2.76. The summed E-state index contributed by atoms with van der Waals surface area (Å²) in [5.74, 6) is 0. The molecule has 0 heteroatoms. The average molecular weight is 212 g/mol. The van der Waals surface area contributed by atoms with E-state index < -0.39 is 0 Å². The highest BCUT2D eigenvalue weighted by Crippen LogP contribution is 2.32. The Hall–Kier alpha value is -1.30. The monoisotopic (exact) mass is 212 g/mol. The number of fused-ring (bicyclic) bond motifs is 1. The first kappa shape index (κ1) is 11.2. The van der Waals surface area contributed by atoms with Gasteiger partial charge in [-0.3, -0.25) is 0 Å². The van der Waals surface area contributed by atoms with Crippen molar-refractivity contribution in [3.8, 4) is 0 Å². The lowest BCUT2D eigenvalue weighted by Crippen LogP contribution is -2.05. The maximum absolute atomic E-state index is 2.30. The van der Waals surface area contributed by atoms with E-state index in [-0.39, 0.29) is 0 Å². The van der Waals surface area contributed by atoms with Gasteiger partial charge in [0, 0.05) is 0 Å². The molecule has 0 spiro atoms. The third-order valence-electron chi connectivity index (χ3n) is 3.73. The highest BCUT2D eigenvalue weighted by molar-refractivity contribution is 5.71. The highest BCUT2D eigenvalue weighted by atomic mass is 14.2. The van der Waals surface area contributed by atoms with Crippen LogP contribution in [0, 0.1) is 20.8 Å². The molecule has 1 aliphatic carbocycles. The molecule has 0 saturated carbocycles. The van der Waals surface area contributed by atoms with Crippen molar-refractivity contribution in [3.63, 3.8) is 0 Å². The van der Waals surface area contributed by atoms with Crippen molar-refractivity contribution >= 4 is 12.2 Å². The number of hydrogen-bond acceptors (Lipinski definition) is 0. The molecule has 0 radical (unpaired) electrons. The van der Waals surface area contributed by atoms with Gasteiger partial charge in [0.1, 0.15) is 0 Å². The zero-order chi connectivity index (χ0) is 11.7. The minimum atomic E-state index is 1.19. The summed E-state index contributed by atoms with van der Waals surface area (Å²) in [7, 11) is 0. The molecule has 1 aromatic carbocycles. The average Bonchev–Trinajstić information content (AvgIpc) is 2.32. The molecule has 0 fully saturated rings. The van der Waals surface area contributed by atoms with E-state index >= 15 is 0 Å². The van der Waals surface area contributed by atoms with Crippen LogP contribution < -0.4 is 0 Å². The topological polar surface area (TPSA) is 0 Å². The van der Waals surface area contributed by atoms with Gasteiger partial charge in [-0.15, -0.1) is 0 Å². The van der Waals surface area contributed by atoms with Gasteiger partial charge in [0.15, 0.2) is 0 Å². The van der Waals surface area contributed by atoms with E-state index in [4.69, 9.17) is 0 Å². The summed E-state index contributed by atoms with van der Waals surface area (Å²) in [5.41, 5.74) is 8.80. The maximum atomic E-state index is 2.30. The molecule has 0 nitrogen and oxygen atoms in total. The van der Waals surface area contributed by atoms with Gasteiger partial charge < -0.3 is 0 Å². The van der Waals surface area contributed by atoms with Crippen LogP contribution in [0.4, 0.5) is 0 Å². The molecule has 16 heavy (non-hydrogen) atoms. The molecule has 0 bridgehead atoms. The number of hydrogen-bond donors (Lipinski definition) is 0. The molecule has 0 amide bonds. The fourth-order valence-corrected chi connectivity index (χ4v) is 2.67. The van der Waals surface area contributed by atoms with Crippen LogP contribution in [-0.4, -0.2) is 0 Å². The second-order valence-corrected chi connectivity index (χ2v) is 4.62. The Morgan fingerprint density at radius 3 is 2.50 bits per heavy atom. The van der Waals surface area contributed by atoms with Gasteiger partial charge in [-0.2, -0.15) is 0 Å². The molecule has 84 valence electrons. The molecular formula is C16H20. The Morgan fingerprint density at radius 2 is 1.81 bits per heavy atom. The van der Waals surface area contributed by atoms with Crippen molar-refractivity contribution in [3.05, 3.63) is 45.5 Å². The van der Waals surface area contributed by atoms with Crippen LogP contribution in [0.5, 0.6) is 0 Å². The van der Waals surface area contributed by atoms with Crippen LogP contribution in [0.15, 0.2) is 12.2 Å². The number of rotatable bonds is 1. The van der Waals surface area contributed by atoms with E-state index in [1.165, 1.54) is 40.7 Å². The van der Waals surface area contributed by atoms with E-state index in [2.05, 4.69) is 52.0 Å². The zero-order valence-electron chi connectivity index (χ0n) is 10.7. The van der Waals surface area contributed by atoms with Gasteiger partial charge in [-0.05, 0) is 73.9 Å². The van der Waals surface area contributed by atoms with Crippen molar-refractivity contribution in [2.75, 3.05) is 0 Å². The quantitative estimate of drug-likeness (QED) is 0.638. The van der Waals surface area contributed by atoms with E-state index in [9.17, 15) is 0 Å². The van der Waals surface area contributed by atoms with Gasteiger partial charge in [0.25, 0.3) is 0 Å². The van der Waals surface area contributed by atoms with Gasteiger partial charge >= 0.3 is 0 Å². The summed E-state index contributed by atoms with van der Waals surface area (Å²) < 4.78 is 0. The van der Waals surface area contributed by atoms with Crippen molar-refractivity contribution in [2.45, 2.75) is 40.5 Å². The van der Waals surface area contributed by atoms with Crippen LogP contribution in [0.1, 0.15) is 46.7 Å². The van der Waals surface area contributed by atoms with Crippen LogP contribution in [0.2, 0.25) is 0 Å². The highest BCUT2D eigenvalue weighted by Gasteiger charge is 2.15. The van der Waals surface area contributed by atoms with Crippen LogP contribution in [-0.2, 0) is 6.42 Å². The molecule has 1 aromatic rings. The first-order chi connectivity index (χ1) is 7.66. The fourth-order valence-electron chi connectivity index (χ4n) is 2.67. The SMILES string of the molecule is C/C=C\c1c(C)c(C)c2c(c1C)CCC=C2. The standard InChI is InChI=1S/C16H20/c1-5-8-14-11(2)12(3)15-9-6-7-10-16(15)13(14)4/h5-6,8-9H,7,10H2,1-4H3/b8-5-. The van der Waals surface area contributed by atoms with Crippen molar-refractivity contribution in [2.24, 2.45) is 0 Å². The van der Waals surface area contributed by atoms with Crippen molar-refractivity contribution in [1.29, 1.82) is 0 Å². The Morgan fingerprint density at radius 1 is 1.06 bits per heavy atom. The first-order valence-electron chi connectivity index (χ1n) is 6.08. The lowest BCUT2D eigenvalue weighted by Gasteiger charge is -2.21. The van der Waals surface area contributed by atoms with Crippen LogP contribution in [0.25, 0.3) is 12.2 Å². The normalized spacial score (nSPS) is 14.5. The second-order valence-electron chi connectivity index (χ2n) is 4.62. The first-order valence-corrected chi connectivity index (χ1v) is 6.08. The molecule has 0 aliphatic heterocycles. The van der Waals surface area contributed by atoms with Crippen LogP contribution >= 0.6 is 0 Å². The van der Waals surface area contributed by atoms with E-state index in [1.807, 2.05) is 0 Å². The Labute approximate surface area is 98.7 Å². The van der Waals surface area contributed by atoms with Crippen molar-refractivity contribution in [1.82, 2.24) is 0 Å². The maximum Gasteiger partial charge on any atom is -0.0193 e. The lowest BCUT2D eigenvalue weighted by molar-refractivity contribution is 0.960. The zero-order valence-corrected chi connectivity index (χ0v) is 10.7. The Kier molecular flexibility index (Phi) is 3.00. The summed E-state index contributed by atoms with van der Waals surface area (Å²) >= 11 is 0. The molecule has 0 saturated heterocycles. The molecule has 0 heterocycles. The summed E-state index contributed by atoms with van der Waals surface area (Å²) in [6.07, 6.45) is 11.4. The largest absolute Gasteiger partial charge is 0.0870 e. The fraction of sp³-hybridized carbons (Fsp3) is 0.375. The molecule has 0 aromatic heterocycles. The lowest BCUT2D eigenvalue weighted by atomic mass is 9.84. The van der Waals surface area contributed by atoms with Crippen molar-refractivity contribution < 1.29 is 0 Å². The van der Waals surface area contributed by atoms with E-state index in [0.717, 1.165) is 0 Å². The summed E-state index contributed by atoms with van der Waals surface area (Å²) in [5, 5.41) is 0. The third kappa shape index (κ3) is 1.63. The Bertz CT molecular complexity index is 471. The van der Waals surface area contributed by atoms with E-state index in [0.29, 0.717) is 0 Å². The third-order valence-corrected chi connectivity index (χ3v) is 3.73.